The number of allylic oxidation sites excluding steroid dienone is 1. The topological polar surface area (TPSA) is 40.6 Å². The maximum atomic E-state index is 12.9. The SMILES string of the molecule is CC1=CC(C)(C)N(C)c2cc(Cl)c(/C=C3/SC(=O)N(Cc4ccccc4)C3=O)cc21. The Labute approximate surface area is 186 Å². The number of likely N-dealkylation sites (N-methyl/N-ethyl adjacent to an activating group) is 1. The molecule has 1 fully saturated rings. The zero-order chi connectivity index (χ0) is 21.6. The molecule has 2 aromatic carbocycles. The van der Waals surface area contributed by atoms with Crippen LogP contribution in [-0.2, 0) is 11.3 Å². The van der Waals surface area contributed by atoms with Crippen LogP contribution in [0.4, 0.5) is 10.5 Å². The zero-order valence-electron chi connectivity index (χ0n) is 17.4. The summed E-state index contributed by atoms with van der Waals surface area (Å²) in [4.78, 5) is 29.2. The quantitative estimate of drug-likeness (QED) is 0.534. The lowest BCUT2D eigenvalue weighted by molar-refractivity contribution is -0.123. The van der Waals surface area contributed by atoms with Crippen LogP contribution < -0.4 is 4.90 Å². The maximum absolute atomic E-state index is 12.9. The fraction of sp³-hybridized carbons (Fsp3) is 0.250. The van der Waals surface area contributed by atoms with Crippen molar-refractivity contribution >= 4 is 51.8 Å². The van der Waals surface area contributed by atoms with Gasteiger partial charge in [0.25, 0.3) is 11.1 Å². The summed E-state index contributed by atoms with van der Waals surface area (Å²) in [6.07, 6.45) is 3.95. The van der Waals surface area contributed by atoms with Crippen LogP contribution in [0.1, 0.15) is 37.5 Å². The second-order valence-electron chi connectivity index (χ2n) is 8.18. The van der Waals surface area contributed by atoms with E-state index >= 15 is 0 Å². The molecule has 1 saturated heterocycles. The number of amides is 2. The summed E-state index contributed by atoms with van der Waals surface area (Å²) in [5.41, 5.74) is 4.84. The summed E-state index contributed by atoms with van der Waals surface area (Å²) < 4.78 is 0. The van der Waals surface area contributed by atoms with E-state index in [1.807, 2.05) is 49.5 Å². The number of thioether (sulfide) groups is 1. The van der Waals surface area contributed by atoms with Gasteiger partial charge in [0, 0.05) is 23.3 Å². The van der Waals surface area contributed by atoms with Gasteiger partial charge in [0.2, 0.25) is 0 Å². The largest absolute Gasteiger partial charge is 0.365 e. The predicted molar refractivity (Wildman–Crippen MR) is 126 cm³/mol. The number of carbonyl (C=O) groups excluding carboxylic acids is 2. The summed E-state index contributed by atoms with van der Waals surface area (Å²) in [6.45, 7) is 6.66. The fourth-order valence-electron chi connectivity index (χ4n) is 3.84. The molecule has 4 rings (SSSR count). The third-order valence-corrected chi connectivity index (χ3v) is 6.91. The molecule has 0 unspecified atom stereocenters. The average molecular weight is 439 g/mol. The summed E-state index contributed by atoms with van der Waals surface area (Å²) in [6, 6.07) is 13.4. The van der Waals surface area contributed by atoms with Gasteiger partial charge in [-0.2, -0.15) is 0 Å². The molecule has 2 aliphatic rings. The average Bonchev–Trinajstić information content (AvgIpc) is 2.95. The minimum Gasteiger partial charge on any atom is -0.365 e. The molecule has 2 heterocycles. The number of carbonyl (C=O) groups is 2. The molecule has 6 heteroatoms. The van der Waals surface area contributed by atoms with E-state index < -0.39 is 0 Å². The number of anilines is 1. The fourth-order valence-corrected chi connectivity index (χ4v) is 4.88. The van der Waals surface area contributed by atoms with Crippen molar-refractivity contribution in [2.45, 2.75) is 32.9 Å². The smallest absolute Gasteiger partial charge is 0.293 e. The van der Waals surface area contributed by atoms with Gasteiger partial charge >= 0.3 is 0 Å². The number of nitrogens with zero attached hydrogens (tertiary/aromatic N) is 2. The third kappa shape index (κ3) is 3.68. The van der Waals surface area contributed by atoms with Gasteiger partial charge in [-0.1, -0.05) is 48.0 Å². The second-order valence-corrected chi connectivity index (χ2v) is 9.58. The molecule has 4 nitrogen and oxygen atoms in total. The van der Waals surface area contributed by atoms with E-state index in [4.69, 9.17) is 11.6 Å². The van der Waals surface area contributed by atoms with Gasteiger partial charge in [0.1, 0.15) is 0 Å². The van der Waals surface area contributed by atoms with E-state index in [2.05, 4.69) is 31.7 Å². The van der Waals surface area contributed by atoms with Crippen LogP contribution in [0.5, 0.6) is 0 Å². The van der Waals surface area contributed by atoms with E-state index in [0.29, 0.717) is 9.93 Å². The van der Waals surface area contributed by atoms with Gasteiger partial charge in [-0.05, 0) is 67.4 Å². The summed E-state index contributed by atoms with van der Waals surface area (Å²) in [5.74, 6) is -0.284. The molecule has 0 radical (unpaired) electrons. The van der Waals surface area contributed by atoms with Crippen molar-refractivity contribution in [2.24, 2.45) is 0 Å². The number of halogens is 1. The van der Waals surface area contributed by atoms with E-state index in [9.17, 15) is 9.59 Å². The van der Waals surface area contributed by atoms with Crippen LogP contribution in [0.3, 0.4) is 0 Å². The van der Waals surface area contributed by atoms with Gasteiger partial charge in [-0.25, -0.2) is 0 Å². The molecular formula is C24H23ClN2O2S. The molecule has 2 aromatic rings. The first-order chi connectivity index (χ1) is 14.2. The normalized spacial score (nSPS) is 19.4. The van der Waals surface area contributed by atoms with Crippen molar-refractivity contribution in [2.75, 3.05) is 11.9 Å². The molecule has 0 spiro atoms. The van der Waals surface area contributed by atoms with Crippen LogP contribution in [0, 0.1) is 0 Å². The van der Waals surface area contributed by atoms with Gasteiger partial charge in [-0.15, -0.1) is 0 Å². The number of fused-ring (bicyclic) bond motifs is 1. The lowest BCUT2D eigenvalue weighted by atomic mass is 9.88. The Hall–Kier alpha value is -2.50. The molecule has 2 amide bonds. The van der Waals surface area contributed by atoms with E-state index in [1.165, 1.54) is 4.90 Å². The van der Waals surface area contributed by atoms with Crippen molar-refractivity contribution in [3.05, 3.63) is 75.2 Å². The van der Waals surface area contributed by atoms with E-state index in [0.717, 1.165) is 39.7 Å². The van der Waals surface area contributed by atoms with Gasteiger partial charge < -0.3 is 4.90 Å². The van der Waals surface area contributed by atoms with Crippen LogP contribution >= 0.6 is 23.4 Å². The molecular weight excluding hydrogens is 416 g/mol. The summed E-state index contributed by atoms with van der Waals surface area (Å²) in [5, 5.41) is 0.294. The zero-order valence-corrected chi connectivity index (χ0v) is 19.0. The lowest BCUT2D eigenvalue weighted by Gasteiger charge is -2.40. The second kappa shape index (κ2) is 7.64. The van der Waals surface area contributed by atoms with Crippen molar-refractivity contribution in [3.8, 4) is 0 Å². The maximum Gasteiger partial charge on any atom is 0.293 e. The molecule has 0 saturated carbocycles. The molecule has 0 aliphatic carbocycles. The van der Waals surface area contributed by atoms with Crippen molar-refractivity contribution in [3.63, 3.8) is 0 Å². The van der Waals surface area contributed by atoms with Crippen molar-refractivity contribution < 1.29 is 9.59 Å². The number of rotatable bonds is 3. The minimum atomic E-state index is -0.284. The van der Waals surface area contributed by atoms with Crippen LogP contribution in [0.2, 0.25) is 5.02 Å². The van der Waals surface area contributed by atoms with Crippen molar-refractivity contribution in [1.29, 1.82) is 0 Å². The first kappa shape index (κ1) is 20.8. The summed E-state index contributed by atoms with van der Waals surface area (Å²) in [7, 11) is 2.05. The van der Waals surface area contributed by atoms with E-state index in [-0.39, 0.29) is 23.2 Å². The van der Waals surface area contributed by atoms with Crippen molar-refractivity contribution in [1.82, 2.24) is 4.90 Å². The molecule has 0 aromatic heterocycles. The first-order valence-electron chi connectivity index (χ1n) is 9.74. The van der Waals surface area contributed by atoms with E-state index in [1.54, 1.807) is 6.08 Å². The molecule has 0 bridgehead atoms. The Balaban J connectivity index is 1.67. The van der Waals surface area contributed by atoms with Crippen LogP contribution in [0.15, 0.2) is 53.4 Å². The van der Waals surface area contributed by atoms with Crippen LogP contribution in [0.25, 0.3) is 11.6 Å². The lowest BCUT2D eigenvalue weighted by Crippen LogP contribution is -2.42. The highest BCUT2D eigenvalue weighted by molar-refractivity contribution is 8.18. The molecule has 0 N–H and O–H groups in total. The highest BCUT2D eigenvalue weighted by atomic mass is 35.5. The van der Waals surface area contributed by atoms with Crippen LogP contribution in [-0.4, -0.2) is 28.6 Å². The molecule has 154 valence electrons. The Morgan fingerprint density at radius 2 is 1.83 bits per heavy atom. The Morgan fingerprint density at radius 1 is 1.13 bits per heavy atom. The Kier molecular flexibility index (Phi) is 5.28. The van der Waals surface area contributed by atoms with Gasteiger partial charge in [-0.3, -0.25) is 14.5 Å². The number of imide groups is 1. The number of benzene rings is 2. The predicted octanol–water partition coefficient (Wildman–Crippen LogP) is 6.21. The van der Waals surface area contributed by atoms with Gasteiger partial charge in [0.05, 0.1) is 17.0 Å². The first-order valence-corrected chi connectivity index (χ1v) is 10.9. The molecule has 2 aliphatic heterocycles. The standard InChI is InChI=1S/C24H23ClN2O2S/c1-15-13-24(2,3)26(4)20-12-19(25)17(10-18(15)20)11-21-22(28)27(23(29)30-21)14-16-8-6-5-7-9-16/h5-13H,14H2,1-4H3/b21-11+. The Morgan fingerprint density at radius 3 is 2.53 bits per heavy atom. The molecule has 30 heavy (non-hydrogen) atoms. The number of hydrogen-bond acceptors (Lipinski definition) is 4. The highest BCUT2D eigenvalue weighted by Crippen LogP contribution is 2.42. The minimum absolute atomic E-state index is 0.109. The van der Waals surface area contributed by atoms with Gasteiger partial charge in [0.15, 0.2) is 0 Å². The highest BCUT2D eigenvalue weighted by Gasteiger charge is 2.35. The monoisotopic (exact) mass is 438 g/mol. The Bertz CT molecular complexity index is 1110. The molecule has 0 atom stereocenters. The number of hydrogen-bond donors (Lipinski definition) is 0. The summed E-state index contributed by atoms with van der Waals surface area (Å²) >= 11 is 7.54. The third-order valence-electron chi connectivity index (χ3n) is 5.68.